The summed E-state index contributed by atoms with van der Waals surface area (Å²) >= 11 is 0. The second-order valence-corrected chi connectivity index (χ2v) is 18.0. The topological polar surface area (TPSA) is 81.2 Å². The molecular formula is C40H78N8. The second kappa shape index (κ2) is 18.5. The van der Waals surface area contributed by atoms with Gasteiger partial charge in [-0.3, -0.25) is 0 Å². The van der Waals surface area contributed by atoms with E-state index >= 15 is 0 Å². The van der Waals surface area contributed by atoms with Crippen LogP contribution < -0.4 is 25.8 Å². The van der Waals surface area contributed by atoms with Crippen LogP contribution >= 0.6 is 0 Å². The molecule has 3 heterocycles. The van der Waals surface area contributed by atoms with Crippen molar-refractivity contribution in [3.8, 4) is 0 Å². The van der Waals surface area contributed by atoms with Gasteiger partial charge in [-0.25, -0.2) is 0 Å². The highest BCUT2D eigenvalue weighted by Crippen LogP contribution is 2.36. The van der Waals surface area contributed by atoms with E-state index in [9.17, 15) is 0 Å². The lowest BCUT2D eigenvalue weighted by atomic mass is 9.79. The third-order valence-corrected chi connectivity index (χ3v) is 10.4. The number of aromatic nitrogens is 3. The van der Waals surface area contributed by atoms with Gasteiger partial charge >= 0.3 is 0 Å². The summed E-state index contributed by atoms with van der Waals surface area (Å²) in [5, 5.41) is 11.5. The molecule has 1 aromatic rings. The van der Waals surface area contributed by atoms with Crippen molar-refractivity contribution in [2.45, 2.75) is 220 Å². The Morgan fingerprint density at radius 1 is 0.521 bits per heavy atom. The molecule has 2 aliphatic heterocycles. The molecule has 1 aromatic heterocycles. The molecule has 3 rings (SSSR count). The number of unbranched alkanes of at least 4 members (excludes halogenated alkanes) is 10. The van der Waals surface area contributed by atoms with E-state index in [-0.39, 0.29) is 22.2 Å². The number of piperidine rings is 2. The van der Waals surface area contributed by atoms with Gasteiger partial charge in [0.05, 0.1) is 0 Å². The number of hydrogen-bond donors (Lipinski definition) is 3. The van der Waals surface area contributed by atoms with Gasteiger partial charge in [-0.15, -0.1) is 0 Å². The number of hydrogen-bond acceptors (Lipinski definition) is 8. The van der Waals surface area contributed by atoms with E-state index in [0.717, 1.165) is 95.3 Å². The minimum Gasteiger partial charge on any atom is -0.354 e. The number of rotatable bonds is 21. The maximum atomic E-state index is 5.43. The fourth-order valence-electron chi connectivity index (χ4n) is 8.85. The van der Waals surface area contributed by atoms with Crippen LogP contribution in [0.1, 0.15) is 185 Å². The average Bonchev–Trinajstić information content (AvgIpc) is 2.95. The molecule has 0 bridgehead atoms. The van der Waals surface area contributed by atoms with Crippen molar-refractivity contribution in [1.82, 2.24) is 25.6 Å². The predicted molar refractivity (Wildman–Crippen MR) is 209 cm³/mol. The van der Waals surface area contributed by atoms with Crippen LogP contribution in [0.15, 0.2) is 0 Å². The molecule has 3 N–H and O–H groups in total. The summed E-state index contributed by atoms with van der Waals surface area (Å²) in [6.45, 7) is 28.5. The van der Waals surface area contributed by atoms with E-state index in [0.29, 0.717) is 12.1 Å². The van der Waals surface area contributed by atoms with E-state index in [1.807, 2.05) is 0 Å². The predicted octanol–water partition coefficient (Wildman–Crippen LogP) is 9.65. The summed E-state index contributed by atoms with van der Waals surface area (Å²) in [5.41, 5.74) is 0.180. The molecule has 2 aliphatic rings. The monoisotopic (exact) mass is 671 g/mol. The largest absolute Gasteiger partial charge is 0.354 e. The van der Waals surface area contributed by atoms with Crippen LogP contribution in [0.4, 0.5) is 17.8 Å². The van der Waals surface area contributed by atoms with Crippen molar-refractivity contribution < 1.29 is 0 Å². The lowest BCUT2D eigenvalue weighted by Gasteiger charge is -2.50. The van der Waals surface area contributed by atoms with Gasteiger partial charge in [0.2, 0.25) is 17.8 Å². The zero-order chi connectivity index (χ0) is 35.4. The molecule has 0 amide bonds. The van der Waals surface area contributed by atoms with Crippen molar-refractivity contribution in [2.75, 3.05) is 34.8 Å². The molecule has 0 radical (unpaired) electrons. The lowest BCUT2D eigenvalue weighted by Crippen LogP contribution is -2.63. The average molecular weight is 671 g/mol. The van der Waals surface area contributed by atoms with Gasteiger partial charge in [0.15, 0.2) is 0 Å². The van der Waals surface area contributed by atoms with Crippen LogP contribution in [0.2, 0.25) is 0 Å². The summed E-state index contributed by atoms with van der Waals surface area (Å²) in [5.74, 6) is 2.46. The minimum atomic E-state index is 0.0449. The van der Waals surface area contributed by atoms with E-state index in [1.165, 1.54) is 51.4 Å². The fraction of sp³-hybridized carbons (Fsp3) is 0.925. The smallest absolute Gasteiger partial charge is 0.232 e. The van der Waals surface area contributed by atoms with Crippen LogP contribution in [0.5, 0.6) is 0 Å². The second-order valence-electron chi connectivity index (χ2n) is 18.0. The first-order chi connectivity index (χ1) is 22.6. The molecule has 2 saturated heterocycles. The van der Waals surface area contributed by atoms with Crippen LogP contribution in [0.3, 0.4) is 0 Å². The third-order valence-electron chi connectivity index (χ3n) is 10.4. The highest BCUT2D eigenvalue weighted by atomic mass is 15.4. The van der Waals surface area contributed by atoms with E-state index in [1.54, 1.807) is 0 Å². The first kappa shape index (κ1) is 40.8. The Hall–Kier alpha value is -1.67. The summed E-state index contributed by atoms with van der Waals surface area (Å²) < 4.78 is 0. The molecule has 2 fully saturated rings. The van der Waals surface area contributed by atoms with Crippen LogP contribution in [0, 0.1) is 0 Å². The van der Waals surface area contributed by atoms with Crippen molar-refractivity contribution >= 4 is 17.8 Å². The highest BCUT2D eigenvalue weighted by Gasteiger charge is 2.42. The Balaban J connectivity index is 1.93. The van der Waals surface area contributed by atoms with Gasteiger partial charge in [0.1, 0.15) is 0 Å². The Bertz CT molecular complexity index is 967. The van der Waals surface area contributed by atoms with Crippen molar-refractivity contribution in [3.05, 3.63) is 0 Å². The summed E-state index contributed by atoms with van der Waals surface area (Å²) in [7, 11) is 0. The molecule has 0 spiro atoms. The molecule has 48 heavy (non-hydrogen) atoms. The lowest BCUT2D eigenvalue weighted by molar-refractivity contribution is 0.157. The first-order valence-corrected chi connectivity index (χ1v) is 20.2. The molecular weight excluding hydrogens is 592 g/mol. The molecule has 8 heteroatoms. The van der Waals surface area contributed by atoms with Gasteiger partial charge in [0, 0.05) is 53.9 Å². The van der Waals surface area contributed by atoms with Crippen LogP contribution in [0.25, 0.3) is 0 Å². The zero-order valence-corrected chi connectivity index (χ0v) is 33.5. The molecule has 0 unspecified atom stereocenters. The maximum Gasteiger partial charge on any atom is 0.232 e. The number of nitrogens with one attached hydrogen (secondary N) is 3. The Morgan fingerprint density at radius 3 is 1.25 bits per heavy atom. The van der Waals surface area contributed by atoms with E-state index in [2.05, 4.69) is 102 Å². The summed E-state index contributed by atoms with van der Waals surface area (Å²) in [6, 6.07) is 0.730. The van der Waals surface area contributed by atoms with Crippen molar-refractivity contribution in [1.29, 1.82) is 0 Å². The van der Waals surface area contributed by atoms with Gasteiger partial charge < -0.3 is 25.8 Å². The van der Waals surface area contributed by atoms with Gasteiger partial charge in [0.25, 0.3) is 0 Å². The fourth-order valence-corrected chi connectivity index (χ4v) is 8.85. The number of anilines is 3. The minimum absolute atomic E-state index is 0.0449. The molecule has 0 atom stereocenters. The maximum absolute atomic E-state index is 5.43. The van der Waals surface area contributed by atoms with E-state index in [4.69, 9.17) is 15.0 Å². The molecule has 0 aromatic carbocycles. The molecule has 8 nitrogen and oxygen atoms in total. The van der Waals surface area contributed by atoms with E-state index < -0.39 is 0 Å². The quantitative estimate of drug-likeness (QED) is 0.112. The zero-order valence-electron chi connectivity index (χ0n) is 33.5. The Labute approximate surface area is 297 Å². The standard InChI is InChI=1S/C40H78N8/c1-12-15-18-19-20-21-22-23-24-25-41-34-42-35(47(26-16-13-2)32-28-37(4,5)45-38(6,7)29-32)44-36(43-34)48(27-17-14-3)33-30-39(8,9)46-40(10,11)31-33/h32-33,45-46H,12-31H2,1-11H3,(H,41,42,43,44). The van der Waals surface area contributed by atoms with Gasteiger partial charge in [-0.2, -0.15) is 15.0 Å². The summed E-state index contributed by atoms with van der Waals surface area (Å²) in [4.78, 5) is 21.0. The van der Waals surface area contributed by atoms with Crippen LogP contribution in [-0.4, -0.2) is 68.8 Å². The van der Waals surface area contributed by atoms with Gasteiger partial charge in [-0.05, 0) is 100 Å². The third kappa shape index (κ3) is 13.6. The SMILES string of the molecule is CCCCCCCCCCCNc1nc(N(CCCC)C2CC(C)(C)NC(C)(C)C2)nc(N(CCCC)C2CC(C)(C)NC(C)(C)C2)n1. The highest BCUT2D eigenvalue weighted by molar-refractivity contribution is 5.47. The Kier molecular flexibility index (Phi) is 15.7. The summed E-state index contributed by atoms with van der Waals surface area (Å²) in [6.07, 6.45) is 20.8. The Morgan fingerprint density at radius 2 is 0.875 bits per heavy atom. The van der Waals surface area contributed by atoms with Gasteiger partial charge in [-0.1, -0.05) is 85.0 Å². The van der Waals surface area contributed by atoms with Crippen molar-refractivity contribution in [2.24, 2.45) is 0 Å². The molecule has 0 saturated carbocycles. The normalized spacial score (nSPS) is 20.5. The first-order valence-electron chi connectivity index (χ1n) is 20.2. The molecule has 278 valence electrons. The molecule has 0 aliphatic carbocycles. The van der Waals surface area contributed by atoms with Crippen LogP contribution in [-0.2, 0) is 0 Å². The number of nitrogens with zero attached hydrogens (tertiary/aromatic N) is 5. The van der Waals surface area contributed by atoms with Crippen molar-refractivity contribution in [3.63, 3.8) is 0 Å².